The number of likely N-dealkylation sites (tertiary alicyclic amines) is 1. The summed E-state index contributed by atoms with van der Waals surface area (Å²) in [6, 6.07) is 7.97. The van der Waals surface area contributed by atoms with Gasteiger partial charge in [0.05, 0.1) is 0 Å². The number of rotatable bonds is 4. The van der Waals surface area contributed by atoms with Crippen LogP contribution in [0.3, 0.4) is 0 Å². The SMILES string of the molecule is O=C(N1CCC(Oc2ccc(F)cc2)CC1)C1(n2cccn2)CCNCC1. The van der Waals surface area contributed by atoms with E-state index < -0.39 is 5.54 Å². The third kappa shape index (κ3) is 3.69. The molecule has 1 amide bonds. The molecule has 2 aliphatic heterocycles. The molecule has 1 aromatic carbocycles. The summed E-state index contributed by atoms with van der Waals surface area (Å²) in [6.07, 6.45) is 6.73. The topological polar surface area (TPSA) is 59.4 Å². The molecule has 0 aliphatic carbocycles. The van der Waals surface area contributed by atoms with Gasteiger partial charge in [0.25, 0.3) is 5.91 Å². The van der Waals surface area contributed by atoms with E-state index in [0.29, 0.717) is 18.8 Å². The van der Waals surface area contributed by atoms with Gasteiger partial charge in [0.1, 0.15) is 23.2 Å². The van der Waals surface area contributed by atoms with Crippen molar-refractivity contribution in [2.24, 2.45) is 0 Å². The van der Waals surface area contributed by atoms with Gasteiger partial charge in [-0.05, 0) is 56.3 Å². The fourth-order valence-corrected chi connectivity index (χ4v) is 4.08. The molecule has 1 N–H and O–H groups in total. The molecule has 6 nitrogen and oxygen atoms in total. The Hall–Kier alpha value is -2.41. The van der Waals surface area contributed by atoms with Crippen molar-refractivity contribution in [1.29, 1.82) is 0 Å². The third-order valence-corrected chi connectivity index (χ3v) is 5.62. The zero-order valence-electron chi connectivity index (χ0n) is 15.3. The number of nitrogens with one attached hydrogen (secondary N) is 1. The van der Waals surface area contributed by atoms with E-state index in [0.717, 1.165) is 38.8 Å². The molecular formula is C20H25FN4O2. The quantitative estimate of drug-likeness (QED) is 0.894. The molecule has 27 heavy (non-hydrogen) atoms. The molecule has 3 heterocycles. The minimum absolute atomic E-state index is 0.0492. The summed E-state index contributed by atoms with van der Waals surface area (Å²) in [4.78, 5) is 15.4. The summed E-state index contributed by atoms with van der Waals surface area (Å²) in [6.45, 7) is 2.97. The van der Waals surface area contributed by atoms with Crippen LogP contribution in [0.25, 0.3) is 0 Å². The maximum atomic E-state index is 13.4. The largest absolute Gasteiger partial charge is 0.490 e. The van der Waals surface area contributed by atoms with Gasteiger partial charge in [-0.15, -0.1) is 0 Å². The number of nitrogens with zero attached hydrogens (tertiary/aromatic N) is 3. The predicted octanol–water partition coefficient (Wildman–Crippen LogP) is 2.17. The number of carbonyl (C=O) groups is 1. The number of benzene rings is 1. The Labute approximate surface area is 158 Å². The molecule has 144 valence electrons. The minimum atomic E-state index is -0.584. The average Bonchev–Trinajstić information content (AvgIpc) is 3.26. The molecule has 1 aromatic heterocycles. The van der Waals surface area contributed by atoms with Crippen LogP contribution in [0.4, 0.5) is 4.39 Å². The van der Waals surface area contributed by atoms with Crippen molar-refractivity contribution in [3.05, 3.63) is 48.5 Å². The number of piperidine rings is 2. The molecule has 0 unspecified atom stereocenters. The number of aromatic nitrogens is 2. The molecule has 2 aromatic rings. The van der Waals surface area contributed by atoms with Gasteiger partial charge in [-0.1, -0.05) is 0 Å². The van der Waals surface area contributed by atoms with Gasteiger partial charge in [0.2, 0.25) is 0 Å². The fraction of sp³-hybridized carbons (Fsp3) is 0.500. The van der Waals surface area contributed by atoms with Crippen LogP contribution in [-0.4, -0.2) is 52.9 Å². The van der Waals surface area contributed by atoms with Gasteiger partial charge in [-0.3, -0.25) is 9.48 Å². The number of hydrogen-bond acceptors (Lipinski definition) is 4. The zero-order chi connectivity index (χ0) is 18.7. The van der Waals surface area contributed by atoms with E-state index in [1.807, 2.05) is 21.8 Å². The van der Waals surface area contributed by atoms with E-state index in [1.54, 1.807) is 18.3 Å². The fourth-order valence-electron chi connectivity index (χ4n) is 4.08. The number of hydrogen-bond donors (Lipinski definition) is 1. The highest BCUT2D eigenvalue weighted by molar-refractivity contribution is 5.84. The van der Waals surface area contributed by atoms with Crippen LogP contribution >= 0.6 is 0 Å². The molecule has 0 spiro atoms. The molecule has 2 aliphatic rings. The smallest absolute Gasteiger partial charge is 0.250 e. The summed E-state index contributed by atoms with van der Waals surface area (Å²) < 4.78 is 20.8. The monoisotopic (exact) mass is 372 g/mol. The van der Waals surface area contributed by atoms with Crippen LogP contribution < -0.4 is 10.1 Å². The molecule has 2 fully saturated rings. The van der Waals surface area contributed by atoms with Crippen molar-refractivity contribution in [3.63, 3.8) is 0 Å². The first-order chi connectivity index (χ1) is 13.2. The highest BCUT2D eigenvalue weighted by atomic mass is 19.1. The van der Waals surface area contributed by atoms with Gasteiger partial charge in [0, 0.05) is 38.3 Å². The summed E-state index contributed by atoms with van der Waals surface area (Å²) in [5.41, 5.74) is -0.584. The van der Waals surface area contributed by atoms with Crippen LogP contribution in [0, 0.1) is 5.82 Å². The Balaban J connectivity index is 1.40. The van der Waals surface area contributed by atoms with Gasteiger partial charge in [0.15, 0.2) is 0 Å². The van der Waals surface area contributed by atoms with E-state index in [-0.39, 0.29) is 17.8 Å². The van der Waals surface area contributed by atoms with E-state index in [4.69, 9.17) is 4.74 Å². The van der Waals surface area contributed by atoms with Crippen molar-refractivity contribution in [1.82, 2.24) is 20.0 Å². The maximum absolute atomic E-state index is 13.4. The lowest BCUT2D eigenvalue weighted by atomic mass is 9.86. The average molecular weight is 372 g/mol. The van der Waals surface area contributed by atoms with Crippen molar-refractivity contribution >= 4 is 5.91 Å². The van der Waals surface area contributed by atoms with E-state index >= 15 is 0 Å². The number of amides is 1. The Bertz CT molecular complexity index is 749. The first-order valence-corrected chi connectivity index (χ1v) is 9.60. The van der Waals surface area contributed by atoms with Gasteiger partial charge in [-0.2, -0.15) is 5.10 Å². The normalized spacial score (nSPS) is 20.4. The lowest BCUT2D eigenvalue weighted by Crippen LogP contribution is -2.57. The number of halogens is 1. The first kappa shape index (κ1) is 18.0. The molecule has 0 bridgehead atoms. The second-order valence-electron chi connectivity index (χ2n) is 7.30. The van der Waals surface area contributed by atoms with Crippen LogP contribution in [0.15, 0.2) is 42.7 Å². The van der Waals surface area contributed by atoms with Gasteiger partial charge < -0.3 is 15.0 Å². The lowest BCUT2D eigenvalue weighted by molar-refractivity contribution is -0.145. The standard InChI is InChI=1S/C20H25FN4O2/c21-16-2-4-17(5-3-16)27-18-6-14-24(15-7-18)19(26)20(8-11-22-12-9-20)25-13-1-10-23-25/h1-5,10,13,18,22H,6-9,11-12,14-15H2. The van der Waals surface area contributed by atoms with Crippen molar-refractivity contribution in [2.75, 3.05) is 26.2 Å². The minimum Gasteiger partial charge on any atom is -0.490 e. The Kier molecular flexibility index (Phi) is 5.11. The van der Waals surface area contributed by atoms with Crippen LogP contribution in [-0.2, 0) is 10.3 Å². The van der Waals surface area contributed by atoms with Gasteiger partial charge in [-0.25, -0.2) is 4.39 Å². The van der Waals surface area contributed by atoms with Crippen LogP contribution in [0.1, 0.15) is 25.7 Å². The van der Waals surface area contributed by atoms with E-state index in [1.165, 1.54) is 12.1 Å². The highest BCUT2D eigenvalue weighted by Gasteiger charge is 2.45. The predicted molar refractivity (Wildman–Crippen MR) is 98.9 cm³/mol. The Morgan fingerprint density at radius 2 is 1.89 bits per heavy atom. The molecule has 4 rings (SSSR count). The van der Waals surface area contributed by atoms with Crippen LogP contribution in [0.2, 0.25) is 0 Å². The van der Waals surface area contributed by atoms with Crippen molar-refractivity contribution < 1.29 is 13.9 Å². The molecule has 2 saturated heterocycles. The summed E-state index contributed by atoms with van der Waals surface area (Å²) in [5.74, 6) is 0.564. The lowest BCUT2D eigenvalue weighted by Gasteiger charge is -2.42. The zero-order valence-corrected chi connectivity index (χ0v) is 15.3. The third-order valence-electron chi connectivity index (χ3n) is 5.62. The molecule has 7 heteroatoms. The van der Waals surface area contributed by atoms with Gasteiger partial charge >= 0.3 is 0 Å². The molecule has 0 radical (unpaired) electrons. The maximum Gasteiger partial charge on any atom is 0.250 e. The summed E-state index contributed by atoms with van der Waals surface area (Å²) in [5, 5.41) is 7.73. The number of ether oxygens (including phenoxy) is 1. The first-order valence-electron chi connectivity index (χ1n) is 9.60. The molecular weight excluding hydrogens is 347 g/mol. The second-order valence-corrected chi connectivity index (χ2v) is 7.30. The molecule has 0 atom stereocenters. The summed E-state index contributed by atoms with van der Waals surface area (Å²) >= 11 is 0. The van der Waals surface area contributed by atoms with Crippen molar-refractivity contribution in [3.8, 4) is 5.75 Å². The Morgan fingerprint density at radius 3 is 2.52 bits per heavy atom. The molecule has 0 saturated carbocycles. The van der Waals surface area contributed by atoms with E-state index in [2.05, 4.69) is 10.4 Å². The number of carbonyl (C=O) groups excluding carboxylic acids is 1. The van der Waals surface area contributed by atoms with Crippen LogP contribution in [0.5, 0.6) is 5.75 Å². The van der Waals surface area contributed by atoms with E-state index in [9.17, 15) is 9.18 Å². The van der Waals surface area contributed by atoms with Crippen molar-refractivity contribution in [2.45, 2.75) is 37.3 Å². The highest BCUT2D eigenvalue weighted by Crippen LogP contribution is 2.31. The Morgan fingerprint density at radius 1 is 1.19 bits per heavy atom. The second kappa shape index (κ2) is 7.68. The summed E-state index contributed by atoms with van der Waals surface area (Å²) in [7, 11) is 0.